The van der Waals surface area contributed by atoms with Crippen LogP contribution in [-0.4, -0.2) is 56.5 Å². The lowest BCUT2D eigenvalue weighted by atomic mass is 10.2. The molecule has 1 fully saturated rings. The van der Waals surface area contributed by atoms with Crippen molar-refractivity contribution in [2.45, 2.75) is 11.4 Å². The average Bonchev–Trinajstić information content (AvgIpc) is 3.33. The Morgan fingerprint density at radius 3 is 2.41 bits per heavy atom. The number of piperazine rings is 1. The first kappa shape index (κ1) is 22.4. The number of rotatable bonds is 6. The van der Waals surface area contributed by atoms with Crippen molar-refractivity contribution >= 4 is 21.6 Å². The number of amides is 1. The molecule has 1 amide bonds. The van der Waals surface area contributed by atoms with E-state index in [1.165, 1.54) is 22.0 Å². The van der Waals surface area contributed by atoms with Gasteiger partial charge in [-0.05, 0) is 35.9 Å². The minimum atomic E-state index is -3.71. The molecule has 5 rings (SSSR count). The van der Waals surface area contributed by atoms with Crippen LogP contribution in [0.25, 0.3) is 0 Å². The second-order valence-electron chi connectivity index (χ2n) is 8.22. The highest BCUT2D eigenvalue weighted by atomic mass is 32.2. The zero-order chi connectivity index (χ0) is 23.5. The number of anilines is 1. The quantitative estimate of drug-likeness (QED) is 0.584. The fourth-order valence-electron chi connectivity index (χ4n) is 4.09. The number of sulfonamides is 1. The molecule has 2 aliphatic rings. The Morgan fingerprint density at radius 2 is 1.62 bits per heavy atom. The largest absolute Gasteiger partial charge is 0.454 e. The van der Waals surface area contributed by atoms with E-state index in [1.807, 2.05) is 18.2 Å². The Balaban J connectivity index is 1.24. The summed E-state index contributed by atoms with van der Waals surface area (Å²) in [6, 6.07) is 21.4. The Labute approximate surface area is 198 Å². The maximum Gasteiger partial charge on any atom is 0.255 e. The van der Waals surface area contributed by atoms with Crippen LogP contribution in [0.3, 0.4) is 0 Å². The van der Waals surface area contributed by atoms with Gasteiger partial charge >= 0.3 is 0 Å². The second kappa shape index (κ2) is 9.46. The average molecular weight is 480 g/mol. The highest BCUT2D eigenvalue weighted by molar-refractivity contribution is 7.89. The molecular weight excluding hydrogens is 454 g/mol. The topological polar surface area (TPSA) is 88.2 Å². The third-order valence-corrected chi connectivity index (χ3v) is 7.84. The molecule has 9 heteroatoms. The van der Waals surface area contributed by atoms with Gasteiger partial charge in [-0.15, -0.1) is 0 Å². The number of nitrogens with zero attached hydrogens (tertiary/aromatic N) is 2. The highest BCUT2D eigenvalue weighted by Gasteiger charge is 2.29. The lowest BCUT2D eigenvalue weighted by molar-refractivity contribution is 0.102. The smallest absolute Gasteiger partial charge is 0.255 e. The zero-order valence-corrected chi connectivity index (χ0v) is 19.3. The highest BCUT2D eigenvalue weighted by Crippen LogP contribution is 2.34. The fourth-order valence-corrected chi connectivity index (χ4v) is 5.56. The summed E-state index contributed by atoms with van der Waals surface area (Å²) >= 11 is 0. The molecule has 0 spiro atoms. The second-order valence-corrected chi connectivity index (χ2v) is 10.2. The molecule has 1 saturated heterocycles. The lowest BCUT2D eigenvalue weighted by Gasteiger charge is -2.34. The minimum absolute atomic E-state index is 0.113. The van der Waals surface area contributed by atoms with Gasteiger partial charge < -0.3 is 14.8 Å². The summed E-state index contributed by atoms with van der Waals surface area (Å²) in [6.07, 6.45) is 0. The summed E-state index contributed by atoms with van der Waals surface area (Å²) in [5.74, 6) is 0.777. The van der Waals surface area contributed by atoms with E-state index >= 15 is 0 Å². The van der Waals surface area contributed by atoms with Gasteiger partial charge in [-0.25, -0.2) is 8.42 Å². The van der Waals surface area contributed by atoms with Crippen molar-refractivity contribution in [1.29, 1.82) is 0 Å². The molecule has 3 aromatic carbocycles. The van der Waals surface area contributed by atoms with Crippen molar-refractivity contribution in [3.8, 4) is 11.5 Å². The van der Waals surface area contributed by atoms with Gasteiger partial charge in [-0.1, -0.05) is 36.4 Å². The van der Waals surface area contributed by atoms with E-state index in [0.717, 1.165) is 6.54 Å². The standard InChI is InChI=1S/C25H25N3O5S/c29-25(26-21-9-10-23-24(16-21)33-18-32-23)20-7-4-8-22(15-20)34(30,31)28-13-11-27(12-14-28)17-19-5-2-1-3-6-19/h1-10,15-16H,11-14,17-18H2,(H,26,29). The molecule has 2 aliphatic heterocycles. The molecule has 176 valence electrons. The number of hydrogen-bond acceptors (Lipinski definition) is 6. The number of benzene rings is 3. The summed E-state index contributed by atoms with van der Waals surface area (Å²) in [7, 11) is -3.71. The zero-order valence-electron chi connectivity index (χ0n) is 18.5. The van der Waals surface area contributed by atoms with Crippen LogP contribution in [0.2, 0.25) is 0 Å². The number of fused-ring (bicyclic) bond motifs is 1. The van der Waals surface area contributed by atoms with Crippen LogP contribution < -0.4 is 14.8 Å². The number of carbonyl (C=O) groups excluding carboxylic acids is 1. The first-order valence-corrected chi connectivity index (χ1v) is 12.5. The summed E-state index contributed by atoms with van der Waals surface area (Å²) in [4.78, 5) is 15.1. The Bertz CT molecular complexity index is 1290. The van der Waals surface area contributed by atoms with Crippen molar-refractivity contribution in [3.63, 3.8) is 0 Å². The van der Waals surface area contributed by atoms with Gasteiger partial charge in [0.2, 0.25) is 16.8 Å². The molecule has 0 radical (unpaired) electrons. The van der Waals surface area contributed by atoms with Crippen LogP contribution in [0.4, 0.5) is 5.69 Å². The van der Waals surface area contributed by atoms with Crippen LogP contribution in [0, 0.1) is 0 Å². The molecule has 0 saturated carbocycles. The summed E-state index contributed by atoms with van der Waals surface area (Å²) in [6.45, 7) is 3.06. The van der Waals surface area contributed by atoms with Gasteiger partial charge in [0.25, 0.3) is 5.91 Å². The molecule has 3 aromatic rings. The molecule has 0 aromatic heterocycles. The Morgan fingerprint density at radius 1 is 0.853 bits per heavy atom. The van der Waals surface area contributed by atoms with E-state index in [0.29, 0.717) is 43.4 Å². The van der Waals surface area contributed by atoms with Crippen LogP contribution in [0.15, 0.2) is 77.7 Å². The minimum Gasteiger partial charge on any atom is -0.454 e. The molecule has 0 atom stereocenters. The van der Waals surface area contributed by atoms with Crippen LogP contribution >= 0.6 is 0 Å². The molecule has 0 bridgehead atoms. The fraction of sp³-hybridized carbons (Fsp3) is 0.240. The van der Waals surface area contributed by atoms with E-state index in [-0.39, 0.29) is 17.3 Å². The molecular formula is C25H25N3O5S. The van der Waals surface area contributed by atoms with E-state index in [1.54, 1.807) is 30.3 Å². The molecule has 2 heterocycles. The number of nitrogens with one attached hydrogen (secondary N) is 1. The van der Waals surface area contributed by atoms with E-state index in [4.69, 9.17) is 9.47 Å². The van der Waals surface area contributed by atoms with Crippen molar-refractivity contribution in [1.82, 2.24) is 9.21 Å². The number of ether oxygens (including phenoxy) is 2. The van der Waals surface area contributed by atoms with Crippen LogP contribution in [0.1, 0.15) is 15.9 Å². The molecule has 8 nitrogen and oxygen atoms in total. The third kappa shape index (κ3) is 4.77. The first-order chi connectivity index (χ1) is 16.5. The number of hydrogen-bond donors (Lipinski definition) is 1. The normalized spacial score (nSPS) is 16.4. The van der Waals surface area contributed by atoms with Gasteiger partial charge in [0, 0.05) is 50.0 Å². The van der Waals surface area contributed by atoms with Crippen molar-refractivity contribution in [2.75, 3.05) is 38.3 Å². The molecule has 1 N–H and O–H groups in total. The predicted octanol–water partition coefficient (Wildman–Crippen LogP) is 3.17. The van der Waals surface area contributed by atoms with E-state index in [2.05, 4.69) is 22.3 Å². The maximum atomic E-state index is 13.3. The van der Waals surface area contributed by atoms with Gasteiger partial charge in [-0.2, -0.15) is 4.31 Å². The molecule has 34 heavy (non-hydrogen) atoms. The maximum absolute atomic E-state index is 13.3. The molecule has 0 unspecified atom stereocenters. The van der Waals surface area contributed by atoms with Crippen LogP contribution in [-0.2, 0) is 16.6 Å². The SMILES string of the molecule is O=C(Nc1ccc2c(c1)OCO2)c1cccc(S(=O)(=O)N2CCN(Cc3ccccc3)CC2)c1. The predicted molar refractivity (Wildman–Crippen MR) is 127 cm³/mol. The van der Waals surface area contributed by atoms with Gasteiger partial charge in [-0.3, -0.25) is 9.69 Å². The Kier molecular flexibility index (Phi) is 6.23. The van der Waals surface area contributed by atoms with Crippen LogP contribution in [0.5, 0.6) is 11.5 Å². The summed E-state index contributed by atoms with van der Waals surface area (Å²) in [5, 5.41) is 2.79. The Hall–Kier alpha value is -3.40. The summed E-state index contributed by atoms with van der Waals surface area (Å²) in [5.41, 5.74) is 2.01. The van der Waals surface area contributed by atoms with Gasteiger partial charge in [0.15, 0.2) is 11.5 Å². The third-order valence-electron chi connectivity index (χ3n) is 5.94. The monoisotopic (exact) mass is 479 g/mol. The lowest BCUT2D eigenvalue weighted by Crippen LogP contribution is -2.48. The van der Waals surface area contributed by atoms with Crippen molar-refractivity contribution in [3.05, 3.63) is 83.9 Å². The first-order valence-electron chi connectivity index (χ1n) is 11.1. The van der Waals surface area contributed by atoms with Gasteiger partial charge in [0.05, 0.1) is 4.90 Å². The van der Waals surface area contributed by atoms with Crippen molar-refractivity contribution in [2.24, 2.45) is 0 Å². The van der Waals surface area contributed by atoms with E-state index < -0.39 is 15.9 Å². The van der Waals surface area contributed by atoms with Gasteiger partial charge in [0.1, 0.15) is 0 Å². The number of carbonyl (C=O) groups is 1. The molecule has 0 aliphatic carbocycles. The van der Waals surface area contributed by atoms with Crippen molar-refractivity contribution < 1.29 is 22.7 Å². The summed E-state index contributed by atoms with van der Waals surface area (Å²) < 4.78 is 38.6. The van der Waals surface area contributed by atoms with E-state index in [9.17, 15) is 13.2 Å².